The molecule has 0 saturated carbocycles. The highest BCUT2D eigenvalue weighted by Gasteiger charge is 2.58. The molecule has 4 rings (SSSR count). The van der Waals surface area contributed by atoms with Gasteiger partial charge in [-0.2, -0.15) is 0 Å². The summed E-state index contributed by atoms with van der Waals surface area (Å²) in [5, 5.41) is 3.05. The van der Waals surface area contributed by atoms with Crippen molar-refractivity contribution < 1.29 is 9.59 Å². The Kier molecular flexibility index (Phi) is 3.90. The van der Waals surface area contributed by atoms with Crippen molar-refractivity contribution in [2.75, 3.05) is 11.9 Å². The number of aromatic nitrogens is 1. The predicted octanol–water partition coefficient (Wildman–Crippen LogP) is 3.24. The van der Waals surface area contributed by atoms with Crippen LogP contribution in [0.1, 0.15) is 47.8 Å². The molecule has 0 radical (unpaired) electrons. The number of rotatable bonds is 3. The molecule has 2 aliphatic heterocycles. The maximum atomic E-state index is 13.3. The minimum absolute atomic E-state index is 0.0376. The van der Waals surface area contributed by atoms with Crippen LogP contribution in [0.4, 0.5) is 5.69 Å². The van der Waals surface area contributed by atoms with Gasteiger partial charge in [0.15, 0.2) is 0 Å². The number of anilines is 1. The van der Waals surface area contributed by atoms with Crippen molar-refractivity contribution in [2.45, 2.75) is 44.6 Å². The number of carbonyl (C=O) groups is 2. The van der Waals surface area contributed by atoms with Gasteiger partial charge in [-0.15, -0.1) is 0 Å². The Morgan fingerprint density at radius 1 is 1.31 bits per heavy atom. The van der Waals surface area contributed by atoms with Gasteiger partial charge in [0.2, 0.25) is 5.91 Å². The fraction of sp³-hybridized carbons (Fsp3) is 0.429. The van der Waals surface area contributed by atoms with Crippen molar-refractivity contribution in [2.24, 2.45) is 7.05 Å². The number of nitrogens with zero attached hydrogens (tertiary/aromatic N) is 2. The van der Waals surface area contributed by atoms with Gasteiger partial charge in [0.25, 0.3) is 5.91 Å². The summed E-state index contributed by atoms with van der Waals surface area (Å²) < 4.78 is 1.96. The molecule has 0 bridgehead atoms. The van der Waals surface area contributed by atoms with E-state index < -0.39 is 5.41 Å². The molecular weight excluding hydrogens is 326 g/mol. The fourth-order valence-electron chi connectivity index (χ4n) is 4.71. The third kappa shape index (κ3) is 2.16. The molecule has 3 heterocycles. The van der Waals surface area contributed by atoms with Crippen LogP contribution in [0.25, 0.3) is 0 Å². The summed E-state index contributed by atoms with van der Waals surface area (Å²) in [5.41, 5.74) is 3.01. The van der Waals surface area contributed by atoms with Crippen LogP contribution in [0, 0.1) is 6.92 Å². The standard InChI is InChI=1S/C21H25N3O2/c1-4-7-18-21(16-8-5-6-9-17(16)22-20(21)26)11-13-24(18)19(25)15-10-12-23(3)14(15)2/h5-6,8-10,12,18H,4,7,11,13H2,1-3H3,(H,22,26)/t18-,21+/m0/s1. The van der Waals surface area contributed by atoms with E-state index in [0.29, 0.717) is 13.0 Å². The molecule has 1 fully saturated rings. The highest BCUT2D eigenvalue weighted by molar-refractivity contribution is 6.08. The zero-order chi connectivity index (χ0) is 18.5. The number of para-hydroxylation sites is 1. The molecule has 2 amide bonds. The highest BCUT2D eigenvalue weighted by atomic mass is 16.2. The van der Waals surface area contributed by atoms with Crippen molar-refractivity contribution in [3.8, 4) is 0 Å². The molecule has 136 valence electrons. The minimum Gasteiger partial charge on any atom is -0.354 e. The third-order valence-electron chi connectivity index (χ3n) is 6.19. The summed E-state index contributed by atoms with van der Waals surface area (Å²) in [6.07, 6.45) is 4.34. The second-order valence-electron chi connectivity index (χ2n) is 7.45. The lowest BCUT2D eigenvalue weighted by atomic mass is 9.73. The first-order valence-electron chi connectivity index (χ1n) is 9.34. The fourth-order valence-corrected chi connectivity index (χ4v) is 4.71. The first kappa shape index (κ1) is 16.9. The van der Waals surface area contributed by atoms with Crippen LogP contribution >= 0.6 is 0 Å². The van der Waals surface area contributed by atoms with Crippen molar-refractivity contribution >= 4 is 17.5 Å². The van der Waals surface area contributed by atoms with Gasteiger partial charge in [0.05, 0.1) is 17.0 Å². The molecule has 2 atom stereocenters. The SMILES string of the molecule is CCC[C@@H]1N(C(=O)c2ccn(C)c2C)CC[C@]12C(=O)Nc1ccccc12. The van der Waals surface area contributed by atoms with Crippen LogP contribution in [0.3, 0.4) is 0 Å². The van der Waals surface area contributed by atoms with Crippen molar-refractivity contribution in [1.29, 1.82) is 0 Å². The number of fused-ring (bicyclic) bond motifs is 2. The van der Waals surface area contributed by atoms with E-state index in [1.54, 1.807) is 0 Å². The lowest BCUT2D eigenvalue weighted by Crippen LogP contribution is -2.48. The van der Waals surface area contributed by atoms with Crippen LogP contribution < -0.4 is 5.32 Å². The van der Waals surface area contributed by atoms with E-state index in [-0.39, 0.29) is 17.9 Å². The molecule has 2 aliphatic rings. The van der Waals surface area contributed by atoms with E-state index in [1.165, 1.54) is 0 Å². The Balaban J connectivity index is 1.77. The molecule has 26 heavy (non-hydrogen) atoms. The van der Waals surface area contributed by atoms with E-state index in [4.69, 9.17) is 0 Å². The normalized spacial score (nSPS) is 24.2. The zero-order valence-corrected chi connectivity index (χ0v) is 15.6. The lowest BCUT2D eigenvalue weighted by Gasteiger charge is -2.34. The molecule has 1 N–H and O–H groups in total. The number of hydrogen-bond acceptors (Lipinski definition) is 2. The van der Waals surface area contributed by atoms with Gasteiger partial charge in [0.1, 0.15) is 0 Å². The van der Waals surface area contributed by atoms with Gasteiger partial charge in [0, 0.05) is 31.2 Å². The number of aryl methyl sites for hydroxylation is 1. The van der Waals surface area contributed by atoms with E-state index in [0.717, 1.165) is 35.3 Å². The number of hydrogen-bond donors (Lipinski definition) is 1. The Morgan fingerprint density at radius 3 is 2.77 bits per heavy atom. The van der Waals surface area contributed by atoms with Crippen LogP contribution in [0.5, 0.6) is 0 Å². The number of benzene rings is 1. The smallest absolute Gasteiger partial charge is 0.255 e. The van der Waals surface area contributed by atoms with E-state index >= 15 is 0 Å². The molecule has 5 heteroatoms. The zero-order valence-electron chi connectivity index (χ0n) is 15.6. The minimum atomic E-state index is -0.620. The van der Waals surface area contributed by atoms with Gasteiger partial charge in [-0.05, 0) is 37.5 Å². The van der Waals surface area contributed by atoms with Crippen LogP contribution in [0.2, 0.25) is 0 Å². The average molecular weight is 351 g/mol. The number of likely N-dealkylation sites (tertiary alicyclic amines) is 1. The van der Waals surface area contributed by atoms with E-state index in [9.17, 15) is 9.59 Å². The Labute approximate surface area is 154 Å². The first-order chi connectivity index (χ1) is 12.5. The lowest BCUT2D eigenvalue weighted by molar-refractivity contribution is -0.121. The van der Waals surface area contributed by atoms with Gasteiger partial charge in [-0.1, -0.05) is 31.5 Å². The molecule has 1 aromatic heterocycles. The van der Waals surface area contributed by atoms with E-state index in [1.807, 2.05) is 60.0 Å². The van der Waals surface area contributed by atoms with E-state index in [2.05, 4.69) is 12.2 Å². The second-order valence-corrected chi connectivity index (χ2v) is 7.45. The van der Waals surface area contributed by atoms with Crippen molar-refractivity contribution in [3.63, 3.8) is 0 Å². The Morgan fingerprint density at radius 2 is 2.08 bits per heavy atom. The van der Waals surface area contributed by atoms with Gasteiger partial charge >= 0.3 is 0 Å². The number of amides is 2. The summed E-state index contributed by atoms with van der Waals surface area (Å²) in [6.45, 7) is 4.69. The maximum absolute atomic E-state index is 13.3. The van der Waals surface area contributed by atoms with Crippen LogP contribution in [-0.2, 0) is 17.3 Å². The summed E-state index contributed by atoms with van der Waals surface area (Å²) >= 11 is 0. The highest BCUT2D eigenvalue weighted by Crippen LogP contribution is 2.49. The topological polar surface area (TPSA) is 54.3 Å². The maximum Gasteiger partial charge on any atom is 0.255 e. The molecule has 1 spiro atoms. The molecule has 2 aromatic rings. The summed E-state index contributed by atoms with van der Waals surface area (Å²) in [5.74, 6) is 0.0767. The number of nitrogens with one attached hydrogen (secondary N) is 1. The molecular formula is C21H25N3O2. The molecule has 0 unspecified atom stereocenters. The van der Waals surface area contributed by atoms with Crippen molar-refractivity contribution in [3.05, 3.63) is 53.3 Å². The third-order valence-corrected chi connectivity index (χ3v) is 6.19. The summed E-state index contributed by atoms with van der Waals surface area (Å²) in [4.78, 5) is 28.3. The predicted molar refractivity (Wildman–Crippen MR) is 101 cm³/mol. The molecule has 1 aromatic carbocycles. The van der Waals surface area contributed by atoms with Crippen LogP contribution in [-0.4, -0.2) is 33.9 Å². The second kappa shape index (κ2) is 6.01. The van der Waals surface area contributed by atoms with Gasteiger partial charge in [-0.3, -0.25) is 9.59 Å². The molecule has 5 nitrogen and oxygen atoms in total. The molecule has 1 saturated heterocycles. The van der Waals surface area contributed by atoms with Crippen molar-refractivity contribution in [1.82, 2.24) is 9.47 Å². The van der Waals surface area contributed by atoms with Crippen LogP contribution in [0.15, 0.2) is 36.5 Å². The summed E-state index contributed by atoms with van der Waals surface area (Å²) in [7, 11) is 1.95. The average Bonchev–Trinajstić information content (AvgIpc) is 3.26. The molecule has 0 aliphatic carbocycles. The number of carbonyl (C=O) groups excluding carboxylic acids is 2. The summed E-state index contributed by atoms with van der Waals surface area (Å²) in [6, 6.07) is 9.69. The monoisotopic (exact) mass is 351 g/mol. The first-order valence-corrected chi connectivity index (χ1v) is 9.34. The quantitative estimate of drug-likeness (QED) is 0.923. The van der Waals surface area contributed by atoms with Gasteiger partial charge < -0.3 is 14.8 Å². The largest absolute Gasteiger partial charge is 0.354 e. The Hall–Kier alpha value is -2.56. The van der Waals surface area contributed by atoms with Gasteiger partial charge in [-0.25, -0.2) is 0 Å². The Bertz CT molecular complexity index is 885.